The van der Waals surface area contributed by atoms with Gasteiger partial charge in [-0.1, -0.05) is 0 Å². The molecule has 0 aliphatic carbocycles. The summed E-state index contributed by atoms with van der Waals surface area (Å²) in [6.45, 7) is -0.101. The van der Waals surface area contributed by atoms with Crippen molar-refractivity contribution in [2.45, 2.75) is 18.9 Å². The molecule has 1 fully saturated rings. The molecule has 38 heavy (non-hydrogen) atoms. The van der Waals surface area contributed by atoms with Crippen LogP contribution in [0.1, 0.15) is 12.0 Å². The second kappa shape index (κ2) is 9.95. The van der Waals surface area contributed by atoms with Gasteiger partial charge >= 0.3 is 12.2 Å². The minimum absolute atomic E-state index is 0.0200. The summed E-state index contributed by atoms with van der Waals surface area (Å²) in [5.74, 6) is -0.556. The Kier molecular flexibility index (Phi) is 6.53. The number of carboxylic acid groups (broad SMARTS) is 1. The van der Waals surface area contributed by atoms with E-state index >= 15 is 0 Å². The second-order valence-corrected chi connectivity index (χ2v) is 8.84. The molecule has 1 atom stereocenters. The molecule has 14 heteroatoms. The Balaban J connectivity index is 1.24. The van der Waals surface area contributed by atoms with Crippen LogP contribution in [0.4, 0.5) is 25.6 Å². The maximum absolute atomic E-state index is 14.7. The van der Waals surface area contributed by atoms with Crippen molar-refractivity contribution in [2.24, 2.45) is 7.05 Å². The highest BCUT2D eigenvalue weighted by Gasteiger charge is 2.35. The van der Waals surface area contributed by atoms with Crippen molar-refractivity contribution >= 4 is 40.6 Å². The fourth-order valence-electron chi connectivity index (χ4n) is 4.48. The smallest absolute Gasteiger partial charge is 0.415 e. The summed E-state index contributed by atoms with van der Waals surface area (Å²) in [4.78, 5) is 58.6. The Morgan fingerprint density at radius 3 is 2.82 bits per heavy atom. The Bertz CT molecular complexity index is 1510. The molecule has 0 radical (unpaired) electrons. The molecule has 198 valence electrons. The third-order valence-corrected chi connectivity index (χ3v) is 6.43. The number of carbonyl (C=O) groups is 3. The zero-order chi connectivity index (χ0) is 27.0. The SMILES string of the molecule is Cn1c(=O)ccc2ccc(F)c(CCN(CC[C@@H]3CN(c4cnc5c(n4)NC(=O)CO5)C(=O)O3)C(=O)O)c21. The molecule has 0 bridgehead atoms. The Labute approximate surface area is 214 Å². The molecule has 3 amide bonds. The molecule has 5 rings (SSSR count). The van der Waals surface area contributed by atoms with E-state index in [0.29, 0.717) is 10.9 Å². The number of carbonyl (C=O) groups excluding carboxylic acids is 2. The number of anilines is 2. The van der Waals surface area contributed by atoms with Crippen LogP contribution in [0.3, 0.4) is 0 Å². The van der Waals surface area contributed by atoms with Crippen LogP contribution in [-0.4, -0.2) is 75.0 Å². The number of hydrogen-bond donors (Lipinski definition) is 2. The third-order valence-electron chi connectivity index (χ3n) is 6.43. The first-order valence-electron chi connectivity index (χ1n) is 11.7. The zero-order valence-electron chi connectivity index (χ0n) is 20.2. The van der Waals surface area contributed by atoms with Gasteiger partial charge in [-0.25, -0.2) is 23.9 Å². The number of aromatic nitrogens is 3. The summed E-state index contributed by atoms with van der Waals surface area (Å²) in [5.41, 5.74) is 0.357. The topological polar surface area (TPSA) is 156 Å². The Hall–Kier alpha value is -4.75. The number of fused-ring (bicyclic) bond motifs is 2. The molecule has 13 nitrogen and oxygen atoms in total. The second-order valence-electron chi connectivity index (χ2n) is 8.84. The van der Waals surface area contributed by atoms with E-state index in [-0.39, 0.29) is 67.7 Å². The van der Waals surface area contributed by atoms with E-state index < -0.39 is 30.0 Å². The number of cyclic esters (lactones) is 1. The number of hydrogen-bond acceptors (Lipinski definition) is 8. The molecule has 1 saturated heterocycles. The minimum Gasteiger partial charge on any atom is -0.465 e. The number of ether oxygens (including phenoxy) is 2. The highest BCUT2D eigenvalue weighted by molar-refractivity contribution is 5.94. The van der Waals surface area contributed by atoms with E-state index in [1.807, 2.05) is 0 Å². The van der Waals surface area contributed by atoms with Gasteiger partial charge in [0.25, 0.3) is 17.3 Å². The Morgan fingerprint density at radius 2 is 2.03 bits per heavy atom. The average molecular weight is 526 g/mol. The van der Waals surface area contributed by atoms with Crippen molar-refractivity contribution in [1.29, 1.82) is 0 Å². The van der Waals surface area contributed by atoms with Crippen molar-refractivity contribution < 1.29 is 33.4 Å². The highest BCUT2D eigenvalue weighted by atomic mass is 19.1. The van der Waals surface area contributed by atoms with Gasteiger partial charge in [-0.15, -0.1) is 0 Å². The van der Waals surface area contributed by atoms with Gasteiger partial charge < -0.3 is 29.4 Å². The first kappa shape index (κ1) is 24.9. The van der Waals surface area contributed by atoms with E-state index in [2.05, 4.69) is 15.3 Å². The van der Waals surface area contributed by atoms with E-state index in [1.165, 1.54) is 34.8 Å². The van der Waals surface area contributed by atoms with E-state index in [0.717, 1.165) is 4.90 Å². The lowest BCUT2D eigenvalue weighted by molar-refractivity contribution is -0.118. The minimum atomic E-state index is -1.21. The summed E-state index contributed by atoms with van der Waals surface area (Å²) in [5, 5.41) is 12.9. The van der Waals surface area contributed by atoms with Crippen molar-refractivity contribution in [3.63, 3.8) is 0 Å². The molecule has 0 saturated carbocycles. The lowest BCUT2D eigenvalue weighted by Gasteiger charge is -2.21. The van der Waals surface area contributed by atoms with Crippen LogP contribution < -0.4 is 20.5 Å². The number of benzene rings is 1. The largest absolute Gasteiger partial charge is 0.465 e. The number of rotatable bonds is 7. The summed E-state index contributed by atoms with van der Waals surface area (Å²) < 4.78 is 26.6. The first-order valence-corrected chi connectivity index (χ1v) is 11.7. The monoisotopic (exact) mass is 526 g/mol. The van der Waals surface area contributed by atoms with Gasteiger partial charge in [-0.2, -0.15) is 0 Å². The molecule has 1 aromatic carbocycles. The highest BCUT2D eigenvalue weighted by Crippen LogP contribution is 2.28. The van der Waals surface area contributed by atoms with Gasteiger partial charge in [-0.3, -0.25) is 14.5 Å². The fourth-order valence-corrected chi connectivity index (χ4v) is 4.48. The normalized spacial score (nSPS) is 16.6. The van der Waals surface area contributed by atoms with Gasteiger partial charge in [0.15, 0.2) is 18.2 Å². The van der Waals surface area contributed by atoms with Gasteiger partial charge in [0.1, 0.15) is 11.9 Å². The van der Waals surface area contributed by atoms with Crippen LogP contribution in [0.5, 0.6) is 5.88 Å². The molecular formula is C24H23FN6O7. The number of halogens is 1. The van der Waals surface area contributed by atoms with E-state index in [9.17, 15) is 28.7 Å². The van der Waals surface area contributed by atoms with Crippen molar-refractivity contribution in [3.8, 4) is 5.88 Å². The molecule has 2 N–H and O–H groups in total. The lowest BCUT2D eigenvalue weighted by atomic mass is 10.1. The van der Waals surface area contributed by atoms with Crippen molar-refractivity contribution in [3.05, 3.63) is 52.2 Å². The van der Waals surface area contributed by atoms with Gasteiger partial charge in [0, 0.05) is 38.2 Å². The van der Waals surface area contributed by atoms with Crippen LogP contribution in [0.25, 0.3) is 10.9 Å². The first-order chi connectivity index (χ1) is 18.2. The summed E-state index contributed by atoms with van der Waals surface area (Å²) in [6.07, 6.45) is -0.992. The number of nitrogens with zero attached hydrogens (tertiary/aromatic N) is 5. The number of amides is 3. The number of nitrogens with one attached hydrogen (secondary N) is 1. The molecule has 0 spiro atoms. The standard InChI is InChI=1S/C24H23FN6O7/c1-29-19(33)5-3-13-2-4-16(25)15(20(13)29)7-9-30(23(34)35)8-6-14-11-31(24(36)38-14)17-10-26-22-21(27-17)28-18(32)12-37-22/h2-5,10,14H,6-9,11-12H2,1H3,(H,34,35)(H,27,28,32)/t14-/m1/s1. The third kappa shape index (κ3) is 4.79. The summed E-state index contributed by atoms with van der Waals surface area (Å²) in [7, 11) is 1.54. The quantitative estimate of drug-likeness (QED) is 0.468. The zero-order valence-corrected chi connectivity index (χ0v) is 20.2. The molecule has 2 aromatic heterocycles. The maximum Gasteiger partial charge on any atom is 0.415 e. The van der Waals surface area contributed by atoms with Crippen LogP contribution >= 0.6 is 0 Å². The maximum atomic E-state index is 14.7. The van der Waals surface area contributed by atoms with Crippen LogP contribution in [-0.2, 0) is 23.0 Å². The summed E-state index contributed by atoms with van der Waals surface area (Å²) in [6, 6.07) is 5.85. The molecule has 2 aliphatic rings. The molecule has 0 unspecified atom stereocenters. The van der Waals surface area contributed by atoms with Crippen LogP contribution in [0.2, 0.25) is 0 Å². The molecule has 2 aliphatic heterocycles. The molecule has 4 heterocycles. The lowest BCUT2D eigenvalue weighted by Crippen LogP contribution is -2.35. The molecular weight excluding hydrogens is 503 g/mol. The van der Waals surface area contributed by atoms with Crippen molar-refractivity contribution in [2.75, 3.05) is 36.5 Å². The fraction of sp³-hybridized carbons (Fsp3) is 0.333. The van der Waals surface area contributed by atoms with E-state index in [4.69, 9.17) is 9.47 Å². The predicted molar refractivity (Wildman–Crippen MR) is 131 cm³/mol. The predicted octanol–water partition coefficient (Wildman–Crippen LogP) is 1.74. The summed E-state index contributed by atoms with van der Waals surface area (Å²) >= 11 is 0. The van der Waals surface area contributed by atoms with E-state index in [1.54, 1.807) is 12.1 Å². The average Bonchev–Trinajstić information content (AvgIpc) is 3.26. The number of aryl methyl sites for hydroxylation is 1. The van der Waals surface area contributed by atoms with Gasteiger partial charge in [0.2, 0.25) is 0 Å². The number of pyridine rings is 1. The van der Waals surface area contributed by atoms with Gasteiger partial charge in [-0.05, 0) is 30.0 Å². The van der Waals surface area contributed by atoms with Gasteiger partial charge in [0.05, 0.1) is 18.3 Å². The molecule has 3 aromatic rings. The van der Waals surface area contributed by atoms with Crippen LogP contribution in [0, 0.1) is 5.82 Å². The van der Waals surface area contributed by atoms with Crippen LogP contribution in [0.15, 0.2) is 35.3 Å². The van der Waals surface area contributed by atoms with Crippen molar-refractivity contribution in [1.82, 2.24) is 19.4 Å². The Morgan fingerprint density at radius 1 is 1.24 bits per heavy atom.